The Hall–Kier alpha value is -2.40. The lowest BCUT2D eigenvalue weighted by Gasteiger charge is -2.29. The van der Waals surface area contributed by atoms with Crippen molar-refractivity contribution in [1.82, 2.24) is 10.2 Å². The van der Waals surface area contributed by atoms with Crippen LogP contribution in [0, 0.1) is 5.82 Å². The highest BCUT2D eigenvalue weighted by molar-refractivity contribution is 6.31. The Balaban J connectivity index is 2.19. The maximum Gasteiger partial charge on any atom is 0.242 e. The van der Waals surface area contributed by atoms with Crippen LogP contribution in [-0.4, -0.2) is 35.8 Å². The van der Waals surface area contributed by atoms with Gasteiger partial charge in [0.15, 0.2) is 0 Å². The molecule has 27 heavy (non-hydrogen) atoms. The quantitative estimate of drug-likeness (QED) is 0.748. The molecule has 0 aliphatic carbocycles. The van der Waals surface area contributed by atoms with Gasteiger partial charge in [-0.05, 0) is 38.0 Å². The van der Waals surface area contributed by atoms with E-state index in [1.54, 1.807) is 13.0 Å². The zero-order chi connectivity index (χ0) is 19.8. The molecule has 2 rings (SSSR count). The molecule has 0 saturated heterocycles. The van der Waals surface area contributed by atoms with Crippen LogP contribution in [0.15, 0.2) is 48.5 Å². The summed E-state index contributed by atoms with van der Waals surface area (Å²) >= 11 is 6.05. The van der Waals surface area contributed by atoms with Crippen LogP contribution in [0.25, 0.3) is 0 Å². The van der Waals surface area contributed by atoms with Crippen LogP contribution in [0.5, 0.6) is 0 Å². The molecule has 144 valence electrons. The normalized spacial score (nSPS) is 11.7. The van der Waals surface area contributed by atoms with Crippen LogP contribution in [0.4, 0.5) is 4.39 Å². The lowest BCUT2D eigenvalue weighted by atomic mass is 10.1. The van der Waals surface area contributed by atoms with Gasteiger partial charge >= 0.3 is 0 Å². The Kier molecular flexibility index (Phi) is 7.80. The standard InChI is InChI=1S/C21H24ClFN2O2/c1-3-24-21(27)15(2)25(13-12-16-8-5-4-6-9-16)20(26)14-17-18(22)10-7-11-19(17)23/h4-11,15H,3,12-14H2,1-2H3,(H,24,27)/t15-/m1/s1. The van der Waals surface area contributed by atoms with Gasteiger partial charge in [0, 0.05) is 23.7 Å². The van der Waals surface area contributed by atoms with E-state index in [-0.39, 0.29) is 28.8 Å². The smallest absolute Gasteiger partial charge is 0.242 e. The number of amides is 2. The van der Waals surface area contributed by atoms with Crippen molar-refractivity contribution in [2.45, 2.75) is 32.7 Å². The molecule has 0 saturated carbocycles. The fourth-order valence-electron chi connectivity index (χ4n) is 2.85. The van der Waals surface area contributed by atoms with Crippen LogP contribution in [0.1, 0.15) is 25.0 Å². The zero-order valence-electron chi connectivity index (χ0n) is 15.5. The Morgan fingerprint density at radius 2 is 1.85 bits per heavy atom. The molecule has 1 atom stereocenters. The van der Waals surface area contributed by atoms with Gasteiger partial charge in [0.05, 0.1) is 6.42 Å². The molecule has 0 heterocycles. The number of benzene rings is 2. The summed E-state index contributed by atoms with van der Waals surface area (Å²) in [6.07, 6.45) is 0.408. The third-order valence-electron chi connectivity index (χ3n) is 4.39. The molecule has 6 heteroatoms. The van der Waals surface area contributed by atoms with Gasteiger partial charge < -0.3 is 10.2 Å². The monoisotopic (exact) mass is 390 g/mol. The van der Waals surface area contributed by atoms with Crippen molar-refractivity contribution < 1.29 is 14.0 Å². The lowest BCUT2D eigenvalue weighted by Crippen LogP contribution is -2.49. The highest BCUT2D eigenvalue weighted by Gasteiger charge is 2.26. The molecule has 0 spiro atoms. The molecule has 0 aliphatic heterocycles. The van der Waals surface area contributed by atoms with Crippen molar-refractivity contribution in [3.8, 4) is 0 Å². The first kappa shape index (κ1) is 20.9. The molecule has 0 fully saturated rings. The first-order valence-corrected chi connectivity index (χ1v) is 9.35. The van der Waals surface area contributed by atoms with Crippen LogP contribution >= 0.6 is 11.6 Å². The predicted octanol–water partition coefficient (Wildman–Crippen LogP) is 3.62. The van der Waals surface area contributed by atoms with E-state index in [0.29, 0.717) is 19.5 Å². The summed E-state index contributed by atoms with van der Waals surface area (Å²) in [6, 6.07) is 13.4. The van der Waals surface area contributed by atoms with E-state index >= 15 is 0 Å². The molecule has 0 aliphatic rings. The summed E-state index contributed by atoms with van der Waals surface area (Å²) in [5.74, 6) is -1.10. The van der Waals surface area contributed by atoms with Gasteiger partial charge in [0.25, 0.3) is 0 Å². The van der Waals surface area contributed by atoms with E-state index in [1.165, 1.54) is 17.0 Å². The highest BCUT2D eigenvalue weighted by Crippen LogP contribution is 2.21. The van der Waals surface area contributed by atoms with Gasteiger partial charge in [-0.1, -0.05) is 48.0 Å². The number of halogens is 2. The number of carbonyl (C=O) groups excluding carboxylic acids is 2. The van der Waals surface area contributed by atoms with Crippen LogP contribution in [-0.2, 0) is 22.4 Å². The molecule has 4 nitrogen and oxygen atoms in total. The van der Waals surface area contributed by atoms with Gasteiger partial charge in [0.2, 0.25) is 11.8 Å². The maximum atomic E-state index is 14.1. The van der Waals surface area contributed by atoms with Crippen molar-refractivity contribution in [2.24, 2.45) is 0 Å². The number of carbonyl (C=O) groups is 2. The molecule has 0 unspecified atom stereocenters. The first-order valence-electron chi connectivity index (χ1n) is 8.98. The second-order valence-electron chi connectivity index (χ2n) is 6.27. The molecular weight excluding hydrogens is 367 g/mol. The summed E-state index contributed by atoms with van der Waals surface area (Å²) < 4.78 is 14.1. The first-order chi connectivity index (χ1) is 12.9. The summed E-state index contributed by atoms with van der Waals surface area (Å²) in [4.78, 5) is 26.7. The zero-order valence-corrected chi connectivity index (χ0v) is 16.3. The van der Waals surface area contributed by atoms with Crippen LogP contribution in [0.2, 0.25) is 5.02 Å². The number of nitrogens with one attached hydrogen (secondary N) is 1. The van der Waals surface area contributed by atoms with Gasteiger partial charge in [-0.2, -0.15) is 0 Å². The second-order valence-corrected chi connectivity index (χ2v) is 6.68. The van der Waals surface area contributed by atoms with E-state index in [2.05, 4.69) is 5.32 Å². The van der Waals surface area contributed by atoms with Crippen LogP contribution < -0.4 is 5.32 Å². The summed E-state index contributed by atoms with van der Waals surface area (Å²) in [5.41, 5.74) is 1.21. The third kappa shape index (κ3) is 5.79. The molecule has 2 aromatic rings. The number of nitrogens with zero attached hydrogens (tertiary/aromatic N) is 1. The van der Waals surface area contributed by atoms with Crippen molar-refractivity contribution in [3.63, 3.8) is 0 Å². The fraction of sp³-hybridized carbons (Fsp3) is 0.333. The average Bonchev–Trinajstić information content (AvgIpc) is 2.66. The highest BCUT2D eigenvalue weighted by atomic mass is 35.5. The molecule has 2 aromatic carbocycles. The predicted molar refractivity (Wildman–Crippen MR) is 105 cm³/mol. The number of rotatable bonds is 8. The van der Waals surface area contributed by atoms with E-state index < -0.39 is 11.9 Å². The molecule has 0 bridgehead atoms. The van der Waals surface area contributed by atoms with Crippen LogP contribution in [0.3, 0.4) is 0 Å². The third-order valence-corrected chi connectivity index (χ3v) is 4.75. The molecule has 0 aromatic heterocycles. The largest absolute Gasteiger partial charge is 0.355 e. The maximum absolute atomic E-state index is 14.1. The van der Waals surface area contributed by atoms with Crippen molar-refractivity contribution >= 4 is 23.4 Å². The lowest BCUT2D eigenvalue weighted by molar-refractivity contribution is -0.139. The minimum atomic E-state index is -0.660. The molecular formula is C21H24ClFN2O2. The number of likely N-dealkylation sites (N-methyl/N-ethyl adjacent to an activating group) is 1. The minimum absolute atomic E-state index is 0.150. The van der Waals surface area contributed by atoms with Crippen molar-refractivity contribution in [2.75, 3.05) is 13.1 Å². The van der Waals surface area contributed by atoms with E-state index in [1.807, 2.05) is 37.3 Å². The second kappa shape index (κ2) is 10.1. The Bertz CT molecular complexity index is 763. The van der Waals surface area contributed by atoms with Crippen molar-refractivity contribution in [1.29, 1.82) is 0 Å². The Labute approximate surface area is 164 Å². The summed E-state index contributed by atoms with van der Waals surface area (Å²) in [7, 11) is 0. The Morgan fingerprint density at radius 3 is 2.48 bits per heavy atom. The van der Waals surface area contributed by atoms with Gasteiger partial charge in [-0.15, -0.1) is 0 Å². The van der Waals surface area contributed by atoms with Gasteiger partial charge in [-0.3, -0.25) is 9.59 Å². The van der Waals surface area contributed by atoms with E-state index in [4.69, 9.17) is 11.6 Å². The minimum Gasteiger partial charge on any atom is -0.355 e. The summed E-state index contributed by atoms with van der Waals surface area (Å²) in [5, 5.41) is 2.94. The summed E-state index contributed by atoms with van der Waals surface area (Å²) in [6.45, 7) is 4.33. The average molecular weight is 391 g/mol. The topological polar surface area (TPSA) is 49.4 Å². The van der Waals surface area contributed by atoms with E-state index in [9.17, 15) is 14.0 Å². The van der Waals surface area contributed by atoms with E-state index in [0.717, 1.165) is 5.56 Å². The van der Waals surface area contributed by atoms with Crippen molar-refractivity contribution in [3.05, 3.63) is 70.5 Å². The number of hydrogen-bond acceptors (Lipinski definition) is 2. The number of hydrogen-bond donors (Lipinski definition) is 1. The Morgan fingerprint density at radius 1 is 1.15 bits per heavy atom. The molecule has 1 N–H and O–H groups in total. The molecule has 0 radical (unpaired) electrons. The fourth-order valence-corrected chi connectivity index (χ4v) is 3.08. The van der Waals surface area contributed by atoms with Gasteiger partial charge in [-0.25, -0.2) is 4.39 Å². The molecule has 2 amide bonds. The SMILES string of the molecule is CCNC(=O)[C@@H](C)N(CCc1ccccc1)C(=O)Cc1c(F)cccc1Cl. The van der Waals surface area contributed by atoms with Gasteiger partial charge in [0.1, 0.15) is 11.9 Å².